The first-order chi connectivity index (χ1) is 8.56. The molecule has 0 saturated heterocycles. The van der Waals surface area contributed by atoms with E-state index in [2.05, 4.69) is 4.98 Å². The minimum atomic E-state index is -0.497. The third-order valence-electron chi connectivity index (χ3n) is 2.37. The second kappa shape index (κ2) is 5.05. The van der Waals surface area contributed by atoms with Crippen LogP contribution in [0.15, 0.2) is 35.1 Å². The van der Waals surface area contributed by atoms with Crippen LogP contribution in [0.5, 0.6) is 0 Å². The quantitative estimate of drug-likeness (QED) is 0.484. The lowest BCUT2D eigenvalue weighted by molar-refractivity contribution is -0.384. The Kier molecular flexibility index (Phi) is 3.47. The van der Waals surface area contributed by atoms with Gasteiger partial charge in [0.1, 0.15) is 11.0 Å². The first-order valence-corrected chi connectivity index (χ1v) is 5.48. The molecule has 0 bridgehead atoms. The van der Waals surface area contributed by atoms with Crippen molar-refractivity contribution < 1.29 is 9.34 Å². The molecule has 2 aromatic rings. The smallest absolute Gasteiger partial charge is 0.276 e. The number of hydrogen-bond acceptors (Lipinski definition) is 5. The molecule has 0 unspecified atom stereocenters. The second-order valence-electron chi connectivity index (χ2n) is 3.75. The molecule has 0 aliphatic carbocycles. The Balaban J connectivity index is 2.24. The Morgan fingerprint density at radius 1 is 1.56 bits per heavy atom. The van der Waals surface area contributed by atoms with Crippen LogP contribution in [-0.4, -0.2) is 17.0 Å². The maximum Gasteiger partial charge on any atom is 0.276 e. The fraction of sp³-hybridized carbons (Fsp3) is 0.182. The second-order valence-corrected chi connectivity index (χ2v) is 4.14. The van der Waals surface area contributed by atoms with Gasteiger partial charge in [-0.05, 0) is 6.07 Å². The van der Waals surface area contributed by atoms with Crippen molar-refractivity contribution >= 4 is 23.1 Å². The van der Waals surface area contributed by atoms with E-state index in [1.165, 1.54) is 12.1 Å². The van der Waals surface area contributed by atoms with Crippen LogP contribution in [-0.2, 0) is 6.54 Å². The van der Waals surface area contributed by atoms with E-state index in [0.29, 0.717) is 12.4 Å². The molecule has 0 aliphatic rings. The number of nitrogens with zero attached hydrogens (tertiary/aromatic N) is 3. The lowest BCUT2D eigenvalue weighted by Gasteiger charge is -2.16. The number of hydrogen-bond donors (Lipinski definition) is 0. The maximum absolute atomic E-state index is 10.7. The standard InChI is InChI=1S/C11H10ClN3O3/c1-14(6-8-2-3-18-7-8)11-5-9(15(16)17)4-10(12)13-11/h2-5,7H,6H2,1H3. The maximum atomic E-state index is 10.7. The summed E-state index contributed by atoms with van der Waals surface area (Å²) in [5.74, 6) is 0.440. The molecule has 0 N–H and O–H groups in total. The third kappa shape index (κ3) is 2.78. The van der Waals surface area contributed by atoms with Gasteiger partial charge in [-0.25, -0.2) is 4.98 Å². The summed E-state index contributed by atoms with van der Waals surface area (Å²) >= 11 is 5.76. The number of pyridine rings is 1. The van der Waals surface area contributed by atoms with Crippen molar-refractivity contribution in [3.05, 3.63) is 51.6 Å². The van der Waals surface area contributed by atoms with Crippen molar-refractivity contribution in [2.24, 2.45) is 0 Å². The molecule has 2 heterocycles. The molecule has 0 aliphatic heterocycles. The van der Waals surface area contributed by atoms with Gasteiger partial charge in [0.25, 0.3) is 5.69 Å². The molecule has 0 saturated carbocycles. The Bertz CT molecular complexity index is 557. The van der Waals surface area contributed by atoms with Gasteiger partial charge in [-0.3, -0.25) is 10.1 Å². The first-order valence-electron chi connectivity index (χ1n) is 5.10. The molecule has 0 fully saturated rings. The van der Waals surface area contributed by atoms with Gasteiger partial charge in [0.15, 0.2) is 0 Å². The molecule has 0 atom stereocenters. The summed E-state index contributed by atoms with van der Waals surface area (Å²) in [4.78, 5) is 16.0. The minimum Gasteiger partial charge on any atom is -0.472 e. The van der Waals surface area contributed by atoms with Crippen molar-refractivity contribution in [3.63, 3.8) is 0 Å². The van der Waals surface area contributed by atoms with E-state index in [0.717, 1.165) is 5.56 Å². The van der Waals surface area contributed by atoms with Crippen LogP contribution in [0.2, 0.25) is 5.15 Å². The van der Waals surface area contributed by atoms with E-state index >= 15 is 0 Å². The topological polar surface area (TPSA) is 72.4 Å². The minimum absolute atomic E-state index is 0.0796. The largest absolute Gasteiger partial charge is 0.472 e. The highest BCUT2D eigenvalue weighted by molar-refractivity contribution is 6.29. The zero-order chi connectivity index (χ0) is 13.1. The van der Waals surface area contributed by atoms with Crippen molar-refractivity contribution in [2.75, 3.05) is 11.9 Å². The summed E-state index contributed by atoms with van der Waals surface area (Å²) in [7, 11) is 1.77. The number of aromatic nitrogens is 1. The van der Waals surface area contributed by atoms with Gasteiger partial charge >= 0.3 is 0 Å². The fourth-order valence-electron chi connectivity index (χ4n) is 1.51. The summed E-state index contributed by atoms with van der Waals surface area (Å²) in [5.41, 5.74) is 0.867. The van der Waals surface area contributed by atoms with Crippen LogP contribution >= 0.6 is 11.6 Å². The molecule has 6 nitrogen and oxygen atoms in total. The molecule has 0 radical (unpaired) electrons. The molecular formula is C11H10ClN3O3. The summed E-state index contributed by atoms with van der Waals surface area (Å²) in [6, 6.07) is 4.41. The van der Waals surface area contributed by atoms with E-state index in [1.807, 2.05) is 6.07 Å². The van der Waals surface area contributed by atoms with Gasteiger partial charge in [-0.15, -0.1) is 0 Å². The van der Waals surface area contributed by atoms with Gasteiger partial charge in [0.2, 0.25) is 0 Å². The van der Waals surface area contributed by atoms with Crippen LogP contribution < -0.4 is 4.90 Å². The normalized spacial score (nSPS) is 10.3. The molecule has 18 heavy (non-hydrogen) atoms. The molecule has 2 rings (SSSR count). The number of halogens is 1. The summed E-state index contributed by atoms with van der Waals surface area (Å²) in [6.07, 6.45) is 3.17. The molecule has 0 spiro atoms. The van der Waals surface area contributed by atoms with Gasteiger partial charge in [-0.1, -0.05) is 11.6 Å². The van der Waals surface area contributed by atoms with E-state index in [9.17, 15) is 10.1 Å². The lowest BCUT2D eigenvalue weighted by Crippen LogP contribution is -2.17. The average molecular weight is 268 g/mol. The summed E-state index contributed by atoms with van der Waals surface area (Å²) in [6.45, 7) is 0.529. The molecule has 7 heteroatoms. The van der Waals surface area contributed by atoms with Crippen LogP contribution in [0.3, 0.4) is 0 Å². The molecular weight excluding hydrogens is 258 g/mol. The van der Waals surface area contributed by atoms with E-state index in [-0.39, 0.29) is 10.8 Å². The Morgan fingerprint density at radius 2 is 2.33 bits per heavy atom. The van der Waals surface area contributed by atoms with Crippen LogP contribution in [0, 0.1) is 10.1 Å². The number of rotatable bonds is 4. The zero-order valence-electron chi connectivity index (χ0n) is 9.54. The number of nitro groups is 1. The lowest BCUT2D eigenvalue weighted by atomic mass is 10.3. The molecule has 2 aromatic heterocycles. The van der Waals surface area contributed by atoms with Crippen molar-refractivity contribution in [2.45, 2.75) is 6.54 Å². The van der Waals surface area contributed by atoms with Crippen LogP contribution in [0.25, 0.3) is 0 Å². The Hall–Kier alpha value is -2.08. The predicted octanol–water partition coefficient (Wildman–Crippen LogP) is 2.87. The SMILES string of the molecule is CN(Cc1ccoc1)c1cc([N+](=O)[O-])cc(Cl)n1. The number of furan rings is 1. The Labute approximate surface area is 108 Å². The van der Waals surface area contributed by atoms with Gasteiger partial charge in [0, 0.05) is 19.2 Å². The highest BCUT2D eigenvalue weighted by Crippen LogP contribution is 2.23. The molecule has 0 aromatic carbocycles. The summed E-state index contributed by atoms with van der Waals surface area (Å²) < 4.78 is 4.96. The summed E-state index contributed by atoms with van der Waals surface area (Å²) in [5, 5.41) is 10.8. The zero-order valence-corrected chi connectivity index (χ0v) is 10.3. The van der Waals surface area contributed by atoms with E-state index in [1.54, 1.807) is 24.5 Å². The first kappa shape index (κ1) is 12.4. The van der Waals surface area contributed by atoms with E-state index in [4.69, 9.17) is 16.0 Å². The van der Waals surface area contributed by atoms with Crippen LogP contribution in [0.4, 0.5) is 11.5 Å². The van der Waals surface area contributed by atoms with Crippen molar-refractivity contribution in [1.82, 2.24) is 4.98 Å². The van der Waals surface area contributed by atoms with Crippen molar-refractivity contribution in [1.29, 1.82) is 0 Å². The fourth-order valence-corrected chi connectivity index (χ4v) is 1.71. The highest BCUT2D eigenvalue weighted by Gasteiger charge is 2.13. The molecule has 94 valence electrons. The van der Waals surface area contributed by atoms with Gasteiger partial charge in [0.05, 0.1) is 29.6 Å². The predicted molar refractivity (Wildman–Crippen MR) is 66.7 cm³/mol. The third-order valence-corrected chi connectivity index (χ3v) is 2.56. The monoisotopic (exact) mass is 267 g/mol. The van der Waals surface area contributed by atoms with Crippen LogP contribution in [0.1, 0.15) is 5.56 Å². The molecule has 0 amide bonds. The number of anilines is 1. The van der Waals surface area contributed by atoms with E-state index < -0.39 is 4.92 Å². The van der Waals surface area contributed by atoms with Gasteiger partial charge < -0.3 is 9.32 Å². The van der Waals surface area contributed by atoms with Crippen molar-refractivity contribution in [3.8, 4) is 0 Å². The Morgan fingerprint density at radius 3 is 2.94 bits per heavy atom. The highest BCUT2D eigenvalue weighted by atomic mass is 35.5. The van der Waals surface area contributed by atoms with Gasteiger partial charge in [-0.2, -0.15) is 0 Å². The average Bonchev–Trinajstić information content (AvgIpc) is 2.80.